The lowest BCUT2D eigenvalue weighted by Crippen LogP contribution is -2.50. The van der Waals surface area contributed by atoms with Crippen LogP contribution in [0.5, 0.6) is 5.75 Å². The molecule has 1 fully saturated rings. The summed E-state index contributed by atoms with van der Waals surface area (Å²) in [6.07, 6.45) is 3.55. The van der Waals surface area contributed by atoms with Gasteiger partial charge in [-0.25, -0.2) is 0 Å². The zero-order chi connectivity index (χ0) is 17.6. The van der Waals surface area contributed by atoms with Crippen LogP contribution in [0, 0.1) is 5.41 Å². The molecule has 25 heavy (non-hydrogen) atoms. The van der Waals surface area contributed by atoms with Gasteiger partial charge >= 0.3 is 0 Å². The smallest absolute Gasteiger partial charge is 0.260 e. The number of nitrogens with two attached hydrogens (primary N) is 1. The third kappa shape index (κ3) is 4.26. The summed E-state index contributed by atoms with van der Waals surface area (Å²) in [6.45, 7) is 2.89. The number of hydrogen-bond acceptors (Lipinski definition) is 5. The van der Waals surface area contributed by atoms with Crippen molar-refractivity contribution in [3.8, 4) is 5.75 Å². The van der Waals surface area contributed by atoms with Gasteiger partial charge < -0.3 is 20.3 Å². The zero-order valence-electron chi connectivity index (χ0n) is 13.9. The van der Waals surface area contributed by atoms with Crippen molar-refractivity contribution in [2.45, 2.75) is 0 Å². The summed E-state index contributed by atoms with van der Waals surface area (Å²) in [7, 11) is 0. The van der Waals surface area contributed by atoms with Crippen molar-refractivity contribution in [1.29, 1.82) is 5.41 Å². The quantitative estimate of drug-likeness (QED) is 0.628. The molecule has 3 N–H and O–H groups in total. The van der Waals surface area contributed by atoms with Crippen molar-refractivity contribution < 1.29 is 9.53 Å². The molecule has 1 saturated heterocycles. The number of nitrogens with one attached hydrogen (secondary N) is 1. The minimum absolute atomic E-state index is 0.0172. The van der Waals surface area contributed by atoms with E-state index in [-0.39, 0.29) is 18.3 Å². The van der Waals surface area contributed by atoms with E-state index in [9.17, 15) is 4.79 Å². The molecular weight excluding hydrogens is 318 g/mol. The predicted molar refractivity (Wildman–Crippen MR) is 96.0 cm³/mol. The van der Waals surface area contributed by atoms with Gasteiger partial charge in [0.05, 0.1) is 0 Å². The largest absolute Gasteiger partial charge is 0.484 e. The van der Waals surface area contributed by atoms with Gasteiger partial charge in [0.15, 0.2) is 6.61 Å². The molecule has 7 nitrogen and oxygen atoms in total. The third-order valence-corrected chi connectivity index (χ3v) is 4.17. The van der Waals surface area contributed by atoms with Crippen molar-refractivity contribution in [1.82, 2.24) is 9.88 Å². The zero-order valence-corrected chi connectivity index (χ0v) is 13.9. The number of carbonyl (C=O) groups is 1. The number of pyridine rings is 1. The molecule has 130 valence electrons. The van der Waals surface area contributed by atoms with E-state index in [2.05, 4.69) is 9.88 Å². The summed E-state index contributed by atoms with van der Waals surface area (Å²) >= 11 is 0. The fourth-order valence-electron chi connectivity index (χ4n) is 2.76. The highest BCUT2D eigenvalue weighted by atomic mass is 16.5. The van der Waals surface area contributed by atoms with Crippen LogP contribution in [0.3, 0.4) is 0 Å². The van der Waals surface area contributed by atoms with Crippen molar-refractivity contribution >= 4 is 17.4 Å². The van der Waals surface area contributed by atoms with E-state index in [0.29, 0.717) is 24.4 Å². The molecule has 0 aliphatic carbocycles. The van der Waals surface area contributed by atoms with Gasteiger partial charge in [-0.1, -0.05) is 12.1 Å². The average Bonchev–Trinajstić information content (AvgIpc) is 2.67. The molecule has 2 heterocycles. The Morgan fingerprint density at radius 1 is 1.16 bits per heavy atom. The summed E-state index contributed by atoms with van der Waals surface area (Å²) in [4.78, 5) is 20.4. The number of piperazine rings is 1. The maximum Gasteiger partial charge on any atom is 0.260 e. The molecule has 7 heteroatoms. The van der Waals surface area contributed by atoms with Gasteiger partial charge in [-0.2, -0.15) is 0 Å². The number of amides is 1. The van der Waals surface area contributed by atoms with Crippen LogP contribution in [0.25, 0.3) is 0 Å². The minimum atomic E-state index is -0.0393. The molecule has 0 saturated carbocycles. The van der Waals surface area contributed by atoms with Crippen LogP contribution < -0.4 is 15.4 Å². The second-order valence-corrected chi connectivity index (χ2v) is 5.80. The van der Waals surface area contributed by atoms with Crippen molar-refractivity contribution in [3.63, 3.8) is 0 Å². The molecule has 1 aliphatic heterocycles. The van der Waals surface area contributed by atoms with E-state index in [1.807, 2.05) is 17.0 Å². The van der Waals surface area contributed by atoms with Gasteiger partial charge in [-0.15, -0.1) is 0 Å². The molecule has 0 spiro atoms. The molecule has 3 rings (SSSR count). The molecule has 1 amide bonds. The highest BCUT2D eigenvalue weighted by molar-refractivity contribution is 5.95. The second kappa shape index (κ2) is 7.65. The summed E-state index contributed by atoms with van der Waals surface area (Å²) in [5, 5.41) is 7.44. The number of nitrogens with zero attached hydrogens (tertiary/aromatic N) is 3. The third-order valence-electron chi connectivity index (χ3n) is 4.17. The lowest BCUT2D eigenvalue weighted by Gasteiger charge is -2.36. The van der Waals surface area contributed by atoms with Crippen molar-refractivity contribution in [3.05, 3.63) is 54.4 Å². The van der Waals surface area contributed by atoms with Gasteiger partial charge in [0.25, 0.3) is 5.91 Å². The Hall–Kier alpha value is -3.09. The van der Waals surface area contributed by atoms with Crippen LogP contribution in [-0.4, -0.2) is 54.4 Å². The Kier molecular flexibility index (Phi) is 5.13. The van der Waals surface area contributed by atoms with E-state index < -0.39 is 0 Å². The first-order valence-electron chi connectivity index (χ1n) is 8.13. The Morgan fingerprint density at radius 2 is 1.88 bits per heavy atom. The lowest BCUT2D eigenvalue weighted by molar-refractivity contribution is -0.133. The fourth-order valence-corrected chi connectivity index (χ4v) is 2.76. The van der Waals surface area contributed by atoms with Gasteiger partial charge in [0, 0.05) is 49.8 Å². The first-order valence-corrected chi connectivity index (χ1v) is 8.13. The monoisotopic (exact) mass is 339 g/mol. The lowest BCUT2D eigenvalue weighted by atomic mass is 10.2. The molecule has 0 unspecified atom stereocenters. The van der Waals surface area contributed by atoms with E-state index >= 15 is 0 Å². The minimum Gasteiger partial charge on any atom is -0.484 e. The van der Waals surface area contributed by atoms with Crippen LogP contribution >= 0.6 is 0 Å². The Balaban J connectivity index is 1.50. The first-order chi connectivity index (χ1) is 12.1. The van der Waals surface area contributed by atoms with Gasteiger partial charge in [0.1, 0.15) is 11.6 Å². The number of amidine groups is 1. The molecule has 0 bridgehead atoms. The SMILES string of the molecule is N=C(N)c1cccc(OCC(=O)N2CCN(c3ccncc3)CC2)c1. The van der Waals surface area contributed by atoms with E-state index in [0.717, 1.165) is 18.8 Å². The average molecular weight is 339 g/mol. The number of nitrogen functional groups attached to an aromatic ring is 1. The van der Waals surface area contributed by atoms with Gasteiger partial charge in [-0.3, -0.25) is 15.2 Å². The molecular formula is C18H21N5O2. The van der Waals surface area contributed by atoms with E-state index in [1.165, 1.54) is 0 Å². The maximum atomic E-state index is 12.3. The van der Waals surface area contributed by atoms with Crippen LogP contribution in [0.2, 0.25) is 0 Å². The number of aromatic nitrogens is 1. The van der Waals surface area contributed by atoms with E-state index in [4.69, 9.17) is 15.9 Å². The topological polar surface area (TPSA) is 95.5 Å². The van der Waals surface area contributed by atoms with Crippen LogP contribution in [0.15, 0.2) is 48.8 Å². The molecule has 0 atom stereocenters. The standard InChI is InChI=1S/C18H21N5O2/c19-18(20)14-2-1-3-16(12-14)25-13-17(24)23-10-8-22(9-11-23)15-4-6-21-7-5-15/h1-7,12H,8-11,13H2,(H3,19,20). The predicted octanol–water partition coefficient (Wildman–Crippen LogP) is 1.09. The molecule has 1 aromatic heterocycles. The molecule has 1 aromatic carbocycles. The van der Waals surface area contributed by atoms with Gasteiger partial charge in [-0.05, 0) is 24.3 Å². The highest BCUT2D eigenvalue weighted by Gasteiger charge is 2.21. The number of carbonyl (C=O) groups excluding carboxylic acids is 1. The summed E-state index contributed by atoms with van der Waals surface area (Å²) in [5.41, 5.74) is 7.16. The Bertz CT molecular complexity index is 742. The number of ether oxygens (including phenoxy) is 1. The fraction of sp³-hybridized carbons (Fsp3) is 0.278. The summed E-state index contributed by atoms with van der Waals surface area (Å²) in [6, 6.07) is 10.8. The van der Waals surface area contributed by atoms with Crippen LogP contribution in [-0.2, 0) is 4.79 Å². The number of anilines is 1. The molecule has 1 aliphatic rings. The van der Waals surface area contributed by atoms with Crippen LogP contribution in [0.4, 0.5) is 5.69 Å². The normalized spacial score (nSPS) is 14.2. The van der Waals surface area contributed by atoms with Gasteiger partial charge in [0.2, 0.25) is 0 Å². The van der Waals surface area contributed by atoms with Crippen molar-refractivity contribution in [2.24, 2.45) is 5.73 Å². The first kappa shape index (κ1) is 16.8. The van der Waals surface area contributed by atoms with E-state index in [1.54, 1.807) is 36.7 Å². The number of hydrogen-bond donors (Lipinski definition) is 2. The molecule has 0 radical (unpaired) electrons. The second-order valence-electron chi connectivity index (χ2n) is 5.80. The number of rotatable bonds is 5. The van der Waals surface area contributed by atoms with Crippen LogP contribution in [0.1, 0.15) is 5.56 Å². The summed E-state index contributed by atoms with van der Waals surface area (Å²) in [5.74, 6) is 0.475. The Labute approximate surface area is 146 Å². The molecule has 2 aromatic rings. The summed E-state index contributed by atoms with van der Waals surface area (Å²) < 4.78 is 5.56. The van der Waals surface area contributed by atoms with Crippen molar-refractivity contribution in [2.75, 3.05) is 37.7 Å². The number of benzene rings is 1. The highest BCUT2D eigenvalue weighted by Crippen LogP contribution is 2.16. The maximum absolute atomic E-state index is 12.3. The Morgan fingerprint density at radius 3 is 2.56 bits per heavy atom.